The average Bonchev–Trinajstić information content (AvgIpc) is 2.81. The lowest BCUT2D eigenvalue weighted by Crippen LogP contribution is -2.29. The molecule has 1 heterocycles. The van der Waals surface area contributed by atoms with Gasteiger partial charge in [0.25, 0.3) is 0 Å². The molecule has 0 fully saturated rings. The molecular formula is C16H14Cl2N3OS+. The summed E-state index contributed by atoms with van der Waals surface area (Å²) in [7, 11) is 1.97. The summed E-state index contributed by atoms with van der Waals surface area (Å²) in [5.74, 6) is 0.164. The highest BCUT2D eigenvalue weighted by molar-refractivity contribution is 7.99. The minimum atomic E-state index is -0.119. The molecular weight excluding hydrogens is 353 g/mol. The van der Waals surface area contributed by atoms with Gasteiger partial charge in [0.15, 0.2) is 11.0 Å². The molecule has 118 valence electrons. The third-order valence-corrected chi connectivity index (χ3v) is 4.79. The van der Waals surface area contributed by atoms with E-state index in [1.807, 2.05) is 35.9 Å². The summed E-state index contributed by atoms with van der Waals surface area (Å²) in [5.41, 5.74) is 2.73. The Morgan fingerprint density at radius 1 is 1.22 bits per heavy atom. The van der Waals surface area contributed by atoms with Crippen molar-refractivity contribution in [3.63, 3.8) is 0 Å². The highest BCUT2D eigenvalue weighted by atomic mass is 35.5. The quantitative estimate of drug-likeness (QED) is 0.540. The van der Waals surface area contributed by atoms with Crippen LogP contribution in [0, 0.1) is 0 Å². The monoisotopic (exact) mass is 366 g/mol. The standard InChI is InChI=1S/C16H13Cl2N3OS/c1-21-14-5-3-2-4-13(14)20-16(21)23-9-15(22)19-12-7-10(17)6-11(18)8-12/h2-8H,9H2,1H3,(H,19,22)/p+1. The number of benzene rings is 2. The van der Waals surface area contributed by atoms with Crippen molar-refractivity contribution in [2.45, 2.75) is 5.16 Å². The van der Waals surface area contributed by atoms with Crippen molar-refractivity contribution in [3.05, 3.63) is 52.5 Å². The summed E-state index contributed by atoms with van der Waals surface area (Å²) in [6.07, 6.45) is 0. The van der Waals surface area contributed by atoms with E-state index < -0.39 is 0 Å². The number of hydrogen-bond donors (Lipinski definition) is 2. The lowest BCUT2D eigenvalue weighted by molar-refractivity contribution is -0.683. The Bertz CT molecular complexity index is 859. The van der Waals surface area contributed by atoms with Crippen LogP contribution in [-0.4, -0.2) is 16.6 Å². The third-order valence-electron chi connectivity index (χ3n) is 3.30. The van der Waals surface area contributed by atoms with Gasteiger partial charge in [-0.3, -0.25) is 4.79 Å². The molecule has 3 rings (SSSR count). The summed E-state index contributed by atoms with van der Waals surface area (Å²) in [6.45, 7) is 0. The van der Waals surface area contributed by atoms with Crippen LogP contribution in [0.3, 0.4) is 0 Å². The van der Waals surface area contributed by atoms with Gasteiger partial charge in [0.2, 0.25) is 5.91 Å². The van der Waals surface area contributed by atoms with Crippen LogP contribution in [0.1, 0.15) is 0 Å². The molecule has 0 aliphatic carbocycles. The molecule has 23 heavy (non-hydrogen) atoms. The van der Waals surface area contributed by atoms with Gasteiger partial charge >= 0.3 is 5.16 Å². The van der Waals surface area contributed by atoms with Crippen LogP contribution in [0.5, 0.6) is 0 Å². The van der Waals surface area contributed by atoms with E-state index in [1.54, 1.807) is 18.2 Å². The number of amides is 1. The van der Waals surface area contributed by atoms with Crippen LogP contribution in [0.4, 0.5) is 5.69 Å². The number of halogens is 2. The molecule has 0 aliphatic rings. The van der Waals surface area contributed by atoms with Crippen molar-refractivity contribution in [1.82, 2.24) is 4.98 Å². The summed E-state index contributed by atoms with van der Waals surface area (Å²) in [5, 5.41) is 4.69. The first-order valence-electron chi connectivity index (χ1n) is 6.88. The number of fused-ring (bicyclic) bond motifs is 1. The number of aromatic amines is 1. The third kappa shape index (κ3) is 3.80. The second-order valence-corrected chi connectivity index (χ2v) is 6.84. The number of imidazole rings is 1. The number of H-pyrrole nitrogens is 1. The molecule has 1 aromatic heterocycles. The van der Waals surface area contributed by atoms with Gasteiger partial charge in [0, 0.05) is 15.7 Å². The van der Waals surface area contributed by atoms with Gasteiger partial charge in [0.05, 0.1) is 12.8 Å². The molecule has 0 aliphatic heterocycles. The molecule has 0 spiro atoms. The number of rotatable bonds is 4. The summed E-state index contributed by atoms with van der Waals surface area (Å²) in [6, 6.07) is 13.0. The van der Waals surface area contributed by atoms with Gasteiger partial charge in [-0.15, -0.1) is 0 Å². The number of nitrogens with one attached hydrogen (secondary N) is 2. The maximum Gasteiger partial charge on any atom is 0.317 e. The van der Waals surface area contributed by atoms with Gasteiger partial charge < -0.3 is 5.32 Å². The SMILES string of the molecule is C[n+]1c(SCC(=O)Nc2cc(Cl)cc(Cl)c2)[nH]c2ccccc21. The molecule has 0 radical (unpaired) electrons. The minimum Gasteiger partial charge on any atom is -0.325 e. The summed E-state index contributed by atoms with van der Waals surface area (Å²) < 4.78 is 2.03. The van der Waals surface area contributed by atoms with Crippen molar-refractivity contribution < 1.29 is 9.36 Å². The fourth-order valence-corrected chi connectivity index (χ4v) is 3.61. The number of carbonyl (C=O) groups excluding carboxylic acids is 1. The Kier molecular flexibility index (Phi) is 4.80. The first kappa shape index (κ1) is 16.2. The number of aromatic nitrogens is 2. The van der Waals surface area contributed by atoms with Crippen molar-refractivity contribution in [3.8, 4) is 0 Å². The molecule has 0 bridgehead atoms. The highest BCUT2D eigenvalue weighted by Crippen LogP contribution is 2.23. The molecule has 2 aromatic carbocycles. The normalized spacial score (nSPS) is 10.9. The number of para-hydroxylation sites is 2. The molecule has 4 nitrogen and oxygen atoms in total. The Labute approximate surface area is 147 Å². The van der Waals surface area contributed by atoms with E-state index in [0.29, 0.717) is 15.7 Å². The molecule has 0 atom stereocenters. The van der Waals surface area contributed by atoms with Crippen molar-refractivity contribution in [2.75, 3.05) is 11.1 Å². The van der Waals surface area contributed by atoms with Crippen molar-refractivity contribution >= 4 is 57.6 Å². The average molecular weight is 367 g/mol. The van der Waals surface area contributed by atoms with Gasteiger partial charge in [0.1, 0.15) is 0 Å². The number of aryl methyl sites for hydroxylation is 1. The van der Waals surface area contributed by atoms with Gasteiger partial charge in [-0.1, -0.05) is 35.3 Å². The van der Waals surface area contributed by atoms with E-state index in [1.165, 1.54) is 11.8 Å². The summed E-state index contributed by atoms with van der Waals surface area (Å²) in [4.78, 5) is 15.4. The maximum absolute atomic E-state index is 12.1. The zero-order chi connectivity index (χ0) is 16.4. The predicted octanol–water partition coefficient (Wildman–Crippen LogP) is 4.03. The zero-order valence-corrected chi connectivity index (χ0v) is 14.6. The first-order chi connectivity index (χ1) is 11.0. The van der Waals surface area contributed by atoms with Crippen molar-refractivity contribution in [2.24, 2.45) is 7.05 Å². The van der Waals surface area contributed by atoms with E-state index in [-0.39, 0.29) is 11.7 Å². The smallest absolute Gasteiger partial charge is 0.317 e. The molecule has 0 saturated carbocycles. The van der Waals surface area contributed by atoms with Gasteiger partial charge in [-0.25, -0.2) is 9.55 Å². The highest BCUT2D eigenvalue weighted by Gasteiger charge is 2.16. The number of nitrogens with zero attached hydrogens (tertiary/aromatic N) is 1. The Balaban J connectivity index is 1.67. The molecule has 2 N–H and O–H groups in total. The Morgan fingerprint density at radius 3 is 2.61 bits per heavy atom. The summed E-state index contributed by atoms with van der Waals surface area (Å²) >= 11 is 13.3. The fourth-order valence-electron chi connectivity index (χ4n) is 2.27. The molecule has 0 unspecified atom stereocenters. The Morgan fingerprint density at radius 2 is 1.91 bits per heavy atom. The van der Waals surface area contributed by atoms with Crippen LogP contribution in [0.25, 0.3) is 11.0 Å². The van der Waals surface area contributed by atoms with Gasteiger partial charge in [-0.05, 0) is 42.1 Å². The largest absolute Gasteiger partial charge is 0.325 e. The van der Waals surface area contributed by atoms with E-state index >= 15 is 0 Å². The van der Waals surface area contributed by atoms with E-state index in [2.05, 4.69) is 10.3 Å². The second kappa shape index (κ2) is 6.83. The molecule has 3 aromatic rings. The molecule has 0 saturated heterocycles. The fraction of sp³-hybridized carbons (Fsp3) is 0.125. The molecule has 1 amide bonds. The van der Waals surface area contributed by atoms with Crippen molar-refractivity contribution in [1.29, 1.82) is 0 Å². The lowest BCUT2D eigenvalue weighted by Gasteiger charge is -2.05. The van der Waals surface area contributed by atoms with Crippen LogP contribution >= 0.6 is 35.0 Å². The minimum absolute atomic E-state index is 0.119. The number of hydrogen-bond acceptors (Lipinski definition) is 2. The topological polar surface area (TPSA) is 48.8 Å². The van der Waals surface area contributed by atoms with Gasteiger partial charge in [-0.2, -0.15) is 0 Å². The Hall–Kier alpha value is -1.69. The maximum atomic E-state index is 12.1. The lowest BCUT2D eigenvalue weighted by atomic mass is 10.3. The van der Waals surface area contributed by atoms with Crippen LogP contribution in [-0.2, 0) is 11.8 Å². The zero-order valence-electron chi connectivity index (χ0n) is 12.3. The van der Waals surface area contributed by atoms with E-state index in [0.717, 1.165) is 16.2 Å². The predicted molar refractivity (Wildman–Crippen MR) is 95.3 cm³/mol. The first-order valence-corrected chi connectivity index (χ1v) is 8.62. The number of carbonyl (C=O) groups is 1. The number of anilines is 1. The van der Waals surface area contributed by atoms with Crippen LogP contribution in [0.15, 0.2) is 47.6 Å². The van der Waals surface area contributed by atoms with E-state index in [9.17, 15) is 4.79 Å². The van der Waals surface area contributed by atoms with E-state index in [4.69, 9.17) is 23.2 Å². The second-order valence-electron chi connectivity index (χ2n) is 5.00. The number of thioether (sulfide) groups is 1. The van der Waals surface area contributed by atoms with Crippen LogP contribution < -0.4 is 9.88 Å². The molecule has 7 heteroatoms. The van der Waals surface area contributed by atoms with Crippen LogP contribution in [0.2, 0.25) is 10.0 Å².